The first-order valence-electron chi connectivity index (χ1n) is 4.99. The van der Waals surface area contributed by atoms with Gasteiger partial charge in [-0.25, -0.2) is 0 Å². The predicted octanol–water partition coefficient (Wildman–Crippen LogP) is 2.22. The Labute approximate surface area is 91.2 Å². The molecule has 3 nitrogen and oxygen atoms in total. The first kappa shape index (κ1) is 13.0. The van der Waals surface area contributed by atoms with E-state index in [-0.39, 0.29) is 18.8 Å². The van der Waals surface area contributed by atoms with Crippen molar-refractivity contribution in [3.05, 3.63) is 0 Å². The van der Waals surface area contributed by atoms with Gasteiger partial charge in [0.1, 0.15) is 12.0 Å². The summed E-state index contributed by atoms with van der Waals surface area (Å²) in [6.07, 6.45) is -2.91. The molecule has 0 aliphatic heterocycles. The normalized spacial score (nSPS) is 25.8. The van der Waals surface area contributed by atoms with Gasteiger partial charge in [0.05, 0.1) is 6.07 Å². The van der Waals surface area contributed by atoms with Crippen LogP contribution in [-0.2, 0) is 9.53 Å². The number of hydrogen-bond donors (Lipinski definition) is 0. The van der Waals surface area contributed by atoms with E-state index < -0.39 is 18.2 Å². The molecule has 1 aliphatic rings. The summed E-state index contributed by atoms with van der Waals surface area (Å²) in [5.74, 6) is -0.175. The first-order chi connectivity index (χ1) is 7.40. The molecule has 16 heavy (non-hydrogen) atoms. The van der Waals surface area contributed by atoms with E-state index in [4.69, 9.17) is 5.26 Å². The van der Waals surface area contributed by atoms with Gasteiger partial charge in [-0.05, 0) is 19.3 Å². The highest BCUT2D eigenvalue weighted by molar-refractivity contribution is 5.89. The molecule has 0 saturated heterocycles. The summed E-state index contributed by atoms with van der Waals surface area (Å²) < 4.78 is 39.7. The number of carbonyl (C=O) groups is 1. The monoisotopic (exact) mass is 235 g/mol. The maximum Gasteiger partial charge on any atom is 0.411 e. The Morgan fingerprint density at radius 1 is 1.50 bits per heavy atom. The van der Waals surface area contributed by atoms with Gasteiger partial charge in [-0.2, -0.15) is 18.4 Å². The molecule has 1 saturated carbocycles. The van der Waals surface area contributed by atoms with E-state index >= 15 is 0 Å². The summed E-state index contributed by atoms with van der Waals surface area (Å²) in [6, 6.07) is 1.91. The fraction of sp³-hybridized carbons (Fsp3) is 0.800. The number of nitrogens with zero attached hydrogens (tertiary/aromatic N) is 1. The highest BCUT2D eigenvalue weighted by Crippen LogP contribution is 2.37. The molecule has 1 fully saturated rings. The van der Waals surface area contributed by atoms with Gasteiger partial charge < -0.3 is 4.74 Å². The third kappa shape index (κ3) is 3.20. The van der Waals surface area contributed by atoms with Gasteiger partial charge in [0.25, 0.3) is 0 Å². The molecule has 0 aromatic rings. The Morgan fingerprint density at radius 2 is 2.19 bits per heavy atom. The van der Waals surface area contributed by atoms with E-state index in [0.717, 1.165) is 0 Å². The molecule has 0 aromatic heterocycles. The summed E-state index contributed by atoms with van der Waals surface area (Å²) in [7, 11) is 0. The SMILES string of the molecule is N#CC1(CCOCC(F)(F)F)CCCC1=O. The Hall–Kier alpha value is -1.09. The lowest BCUT2D eigenvalue weighted by Crippen LogP contribution is -2.27. The Balaban J connectivity index is 2.37. The second-order valence-electron chi connectivity index (χ2n) is 3.89. The van der Waals surface area contributed by atoms with Crippen molar-refractivity contribution in [3.8, 4) is 6.07 Å². The zero-order valence-corrected chi connectivity index (χ0v) is 8.64. The maximum absolute atomic E-state index is 11.8. The molecular formula is C10H12F3NO2. The minimum atomic E-state index is -4.36. The molecule has 0 spiro atoms. The van der Waals surface area contributed by atoms with E-state index in [0.29, 0.717) is 19.3 Å². The third-order valence-corrected chi connectivity index (χ3v) is 2.69. The fourth-order valence-corrected chi connectivity index (χ4v) is 1.80. The van der Waals surface area contributed by atoms with Gasteiger partial charge in [0.2, 0.25) is 0 Å². The summed E-state index contributed by atoms with van der Waals surface area (Å²) >= 11 is 0. The van der Waals surface area contributed by atoms with E-state index in [2.05, 4.69) is 4.74 Å². The molecule has 0 bridgehead atoms. The number of halogens is 3. The molecule has 0 aromatic carbocycles. The predicted molar refractivity (Wildman–Crippen MR) is 48.4 cm³/mol. The van der Waals surface area contributed by atoms with Crippen molar-refractivity contribution in [1.82, 2.24) is 0 Å². The summed E-state index contributed by atoms with van der Waals surface area (Å²) in [6.45, 7) is -1.54. The van der Waals surface area contributed by atoms with Crippen LogP contribution >= 0.6 is 0 Å². The minimum Gasteiger partial charge on any atom is -0.372 e. The van der Waals surface area contributed by atoms with Gasteiger partial charge in [-0.3, -0.25) is 4.79 Å². The van der Waals surface area contributed by atoms with Crippen LogP contribution in [0, 0.1) is 16.7 Å². The molecular weight excluding hydrogens is 223 g/mol. The fourth-order valence-electron chi connectivity index (χ4n) is 1.80. The number of nitriles is 1. The summed E-state index contributed by atoms with van der Waals surface area (Å²) in [5.41, 5.74) is -1.11. The largest absolute Gasteiger partial charge is 0.411 e. The van der Waals surface area contributed by atoms with Crippen LogP contribution < -0.4 is 0 Å². The zero-order valence-electron chi connectivity index (χ0n) is 8.64. The quantitative estimate of drug-likeness (QED) is 0.702. The highest BCUT2D eigenvalue weighted by Gasteiger charge is 2.42. The highest BCUT2D eigenvalue weighted by atomic mass is 19.4. The summed E-state index contributed by atoms with van der Waals surface area (Å²) in [5, 5.41) is 8.90. The average Bonchev–Trinajstić information content (AvgIpc) is 2.54. The molecule has 1 rings (SSSR count). The van der Waals surface area contributed by atoms with Crippen molar-refractivity contribution in [1.29, 1.82) is 5.26 Å². The van der Waals surface area contributed by atoms with Crippen LogP contribution in [0.5, 0.6) is 0 Å². The van der Waals surface area contributed by atoms with E-state index in [1.54, 1.807) is 0 Å². The van der Waals surface area contributed by atoms with Gasteiger partial charge in [-0.15, -0.1) is 0 Å². The molecule has 90 valence electrons. The minimum absolute atomic E-state index is 0.0540. The second-order valence-corrected chi connectivity index (χ2v) is 3.89. The van der Waals surface area contributed by atoms with E-state index in [1.807, 2.05) is 6.07 Å². The lowest BCUT2D eigenvalue weighted by atomic mass is 9.84. The number of ether oxygens (including phenoxy) is 1. The Morgan fingerprint density at radius 3 is 2.62 bits per heavy atom. The van der Waals surface area contributed by atoms with Crippen LogP contribution in [0.15, 0.2) is 0 Å². The summed E-state index contributed by atoms with van der Waals surface area (Å²) in [4.78, 5) is 11.4. The number of alkyl halides is 3. The van der Waals surface area contributed by atoms with Gasteiger partial charge in [-0.1, -0.05) is 0 Å². The number of rotatable bonds is 4. The van der Waals surface area contributed by atoms with Gasteiger partial charge in [0, 0.05) is 13.0 Å². The third-order valence-electron chi connectivity index (χ3n) is 2.69. The van der Waals surface area contributed by atoms with Crippen molar-refractivity contribution >= 4 is 5.78 Å². The molecule has 6 heteroatoms. The first-order valence-corrected chi connectivity index (χ1v) is 4.99. The number of carbonyl (C=O) groups excluding carboxylic acids is 1. The van der Waals surface area contributed by atoms with Crippen LogP contribution in [-0.4, -0.2) is 25.2 Å². The molecule has 1 atom stereocenters. The zero-order chi connectivity index (χ0) is 12.2. The van der Waals surface area contributed by atoms with E-state index in [1.165, 1.54) is 0 Å². The average molecular weight is 235 g/mol. The van der Waals surface area contributed by atoms with Crippen molar-refractivity contribution in [3.63, 3.8) is 0 Å². The van der Waals surface area contributed by atoms with Crippen molar-refractivity contribution in [2.75, 3.05) is 13.2 Å². The molecule has 0 N–H and O–H groups in total. The van der Waals surface area contributed by atoms with Crippen molar-refractivity contribution in [2.24, 2.45) is 5.41 Å². The van der Waals surface area contributed by atoms with Crippen molar-refractivity contribution in [2.45, 2.75) is 31.9 Å². The smallest absolute Gasteiger partial charge is 0.372 e. The van der Waals surface area contributed by atoms with Crippen LogP contribution in [0.4, 0.5) is 13.2 Å². The van der Waals surface area contributed by atoms with Crippen molar-refractivity contribution < 1.29 is 22.7 Å². The molecule has 0 heterocycles. The molecule has 1 unspecified atom stereocenters. The standard InChI is InChI=1S/C10H12F3NO2/c11-10(12,13)7-16-5-4-9(6-14)3-1-2-8(9)15/h1-5,7H2. The maximum atomic E-state index is 11.8. The lowest BCUT2D eigenvalue weighted by molar-refractivity contribution is -0.175. The number of hydrogen-bond acceptors (Lipinski definition) is 3. The van der Waals surface area contributed by atoms with Crippen LogP contribution in [0.2, 0.25) is 0 Å². The second kappa shape index (κ2) is 4.83. The van der Waals surface area contributed by atoms with Crippen LogP contribution in [0.25, 0.3) is 0 Å². The Kier molecular flexibility index (Phi) is 3.92. The molecule has 0 radical (unpaired) electrons. The van der Waals surface area contributed by atoms with Gasteiger partial charge >= 0.3 is 6.18 Å². The number of Topliss-reactive ketones (excluding diaryl/α,β-unsaturated/α-hetero) is 1. The number of ketones is 1. The Bertz CT molecular complexity index is 308. The lowest BCUT2D eigenvalue weighted by Gasteiger charge is -2.18. The van der Waals surface area contributed by atoms with Crippen LogP contribution in [0.3, 0.4) is 0 Å². The van der Waals surface area contributed by atoms with Gasteiger partial charge in [0.15, 0.2) is 5.78 Å². The van der Waals surface area contributed by atoms with E-state index in [9.17, 15) is 18.0 Å². The van der Waals surface area contributed by atoms with Crippen LogP contribution in [0.1, 0.15) is 25.7 Å². The topological polar surface area (TPSA) is 50.1 Å². The molecule has 0 amide bonds. The molecule has 1 aliphatic carbocycles.